The van der Waals surface area contributed by atoms with Gasteiger partial charge in [0.15, 0.2) is 5.96 Å². The molecule has 2 fully saturated rings. The summed E-state index contributed by atoms with van der Waals surface area (Å²) in [6.45, 7) is 4.60. The molecule has 2 saturated carbocycles. The van der Waals surface area contributed by atoms with E-state index in [1.807, 2.05) is 27.9 Å². The lowest BCUT2D eigenvalue weighted by Crippen LogP contribution is -2.52. The van der Waals surface area contributed by atoms with Crippen LogP contribution in [-0.2, 0) is 9.59 Å². The Kier molecular flexibility index (Phi) is 10.7. The number of carbonyl (C=O) groups is 2. The maximum atomic E-state index is 12.7. The number of nitrogens with one attached hydrogen (secondary N) is 3. The second-order valence-corrected chi connectivity index (χ2v) is 8.98. The number of halogens is 1. The van der Waals surface area contributed by atoms with Crippen LogP contribution in [0.4, 0.5) is 0 Å². The second kappa shape index (κ2) is 12.0. The van der Waals surface area contributed by atoms with Crippen LogP contribution in [0.2, 0.25) is 0 Å². The minimum atomic E-state index is -0.326. The minimum absolute atomic E-state index is 0. The van der Waals surface area contributed by atoms with Gasteiger partial charge in [-0.1, -0.05) is 19.3 Å². The zero-order valence-corrected chi connectivity index (χ0v) is 21.0. The molecule has 0 aliphatic heterocycles. The molecule has 0 heterocycles. The van der Waals surface area contributed by atoms with E-state index in [0.29, 0.717) is 6.54 Å². The summed E-state index contributed by atoms with van der Waals surface area (Å²) in [7, 11) is 5.43. The highest BCUT2D eigenvalue weighted by Gasteiger charge is 2.42. The van der Waals surface area contributed by atoms with Gasteiger partial charge in [0, 0.05) is 45.7 Å². The average Bonchev–Trinajstić information content (AvgIpc) is 3.14. The van der Waals surface area contributed by atoms with Crippen molar-refractivity contribution in [3.05, 3.63) is 0 Å². The molecule has 0 radical (unpaired) electrons. The lowest BCUT2D eigenvalue weighted by atomic mass is 9.84. The highest BCUT2D eigenvalue weighted by Crippen LogP contribution is 2.38. The zero-order valence-electron chi connectivity index (χ0n) is 18.7. The molecule has 2 atom stereocenters. The molecule has 0 aromatic rings. The molecule has 2 unspecified atom stereocenters. The molecule has 0 aromatic carbocycles. The van der Waals surface area contributed by atoms with Crippen molar-refractivity contribution in [3.63, 3.8) is 0 Å². The van der Waals surface area contributed by atoms with Crippen molar-refractivity contribution in [1.29, 1.82) is 0 Å². The summed E-state index contributed by atoms with van der Waals surface area (Å²) >= 11 is 0. The van der Waals surface area contributed by atoms with Gasteiger partial charge in [-0.3, -0.25) is 14.6 Å². The molecule has 7 nitrogen and oxygen atoms in total. The molecule has 29 heavy (non-hydrogen) atoms. The normalized spacial score (nSPS) is 23.9. The molecule has 0 saturated heterocycles. The molecule has 3 N–H and O–H groups in total. The summed E-state index contributed by atoms with van der Waals surface area (Å²) in [6, 6.07) is 0.402. The van der Waals surface area contributed by atoms with Crippen LogP contribution in [-0.4, -0.2) is 62.4 Å². The highest BCUT2D eigenvalue weighted by molar-refractivity contribution is 14.0. The van der Waals surface area contributed by atoms with E-state index in [4.69, 9.17) is 0 Å². The summed E-state index contributed by atoms with van der Waals surface area (Å²) in [4.78, 5) is 31.2. The van der Waals surface area contributed by atoms with Crippen LogP contribution in [0, 0.1) is 11.3 Å². The van der Waals surface area contributed by atoms with Crippen LogP contribution < -0.4 is 16.0 Å². The first-order valence-corrected chi connectivity index (χ1v) is 10.8. The first-order chi connectivity index (χ1) is 13.3. The van der Waals surface area contributed by atoms with Crippen LogP contribution in [0.1, 0.15) is 65.2 Å². The monoisotopic (exact) mass is 521 g/mol. The summed E-state index contributed by atoms with van der Waals surface area (Å²) in [5, 5.41) is 9.93. The number of guanidine groups is 1. The maximum Gasteiger partial charge on any atom is 0.230 e. The van der Waals surface area contributed by atoms with Gasteiger partial charge in [0.05, 0.1) is 5.41 Å². The van der Waals surface area contributed by atoms with Crippen molar-refractivity contribution in [2.24, 2.45) is 16.3 Å². The number of aliphatic imine (C=N–C) groups is 1. The Hall–Kier alpha value is -1.06. The molecule has 2 rings (SSSR count). The number of nitrogens with zero attached hydrogens (tertiary/aromatic N) is 2. The van der Waals surface area contributed by atoms with Gasteiger partial charge in [0.2, 0.25) is 11.8 Å². The van der Waals surface area contributed by atoms with Gasteiger partial charge in [0.25, 0.3) is 0 Å². The second-order valence-electron chi connectivity index (χ2n) is 8.98. The fraction of sp³-hybridized carbons (Fsp3) is 0.857. The van der Waals surface area contributed by atoms with Crippen molar-refractivity contribution in [1.82, 2.24) is 20.9 Å². The Morgan fingerprint density at radius 2 is 1.79 bits per heavy atom. The van der Waals surface area contributed by atoms with Gasteiger partial charge >= 0.3 is 0 Å². The molecule has 0 aromatic heterocycles. The standard InChI is InChI=1S/C21H39N5O2.HI/c1-15(2)24-18(27)16-9-8-10-17(13-16)25-20(22-3)23-14-21(11-6-7-12-21)19(28)26(4)5;/h15-17H,6-14H2,1-5H3,(H,24,27)(H2,22,23,25);1H. The SMILES string of the molecule is CN=C(NCC1(C(=O)N(C)C)CCCC1)NC1CCCC(C(=O)NC(C)C)C1.I. The Bertz CT molecular complexity index is 573. The van der Waals surface area contributed by atoms with Crippen molar-refractivity contribution >= 4 is 41.8 Å². The number of amides is 2. The molecular weight excluding hydrogens is 481 g/mol. The molecule has 168 valence electrons. The van der Waals surface area contributed by atoms with Gasteiger partial charge in [-0.25, -0.2) is 0 Å². The first kappa shape index (κ1) is 26.0. The third-order valence-corrected chi connectivity index (χ3v) is 6.06. The Balaban J connectivity index is 0.00000420. The molecular formula is C21H40IN5O2. The summed E-state index contributed by atoms with van der Waals surface area (Å²) in [5.41, 5.74) is -0.326. The minimum Gasteiger partial charge on any atom is -0.355 e. The first-order valence-electron chi connectivity index (χ1n) is 10.8. The lowest BCUT2D eigenvalue weighted by Gasteiger charge is -2.33. The van der Waals surface area contributed by atoms with Crippen LogP contribution >= 0.6 is 24.0 Å². The number of carbonyl (C=O) groups excluding carboxylic acids is 2. The fourth-order valence-corrected chi connectivity index (χ4v) is 4.59. The van der Waals surface area contributed by atoms with Gasteiger partial charge in [-0.2, -0.15) is 0 Å². The van der Waals surface area contributed by atoms with Gasteiger partial charge in [-0.15, -0.1) is 24.0 Å². The summed E-state index contributed by atoms with van der Waals surface area (Å²) in [6.07, 6.45) is 7.89. The molecule has 0 bridgehead atoms. The Morgan fingerprint density at radius 1 is 1.14 bits per heavy atom. The van der Waals surface area contributed by atoms with Crippen molar-refractivity contribution in [2.45, 2.75) is 77.3 Å². The lowest BCUT2D eigenvalue weighted by molar-refractivity contribution is -0.138. The molecule has 2 aliphatic rings. The molecule has 0 spiro atoms. The zero-order chi connectivity index (χ0) is 20.7. The van der Waals surface area contributed by atoms with Crippen molar-refractivity contribution in [2.75, 3.05) is 27.7 Å². The largest absolute Gasteiger partial charge is 0.355 e. The third-order valence-electron chi connectivity index (χ3n) is 6.06. The van der Waals surface area contributed by atoms with E-state index in [-0.39, 0.29) is 59.2 Å². The van der Waals surface area contributed by atoms with E-state index in [0.717, 1.165) is 57.3 Å². The Morgan fingerprint density at radius 3 is 2.34 bits per heavy atom. The molecule has 8 heteroatoms. The van der Waals surface area contributed by atoms with E-state index in [1.54, 1.807) is 11.9 Å². The fourth-order valence-electron chi connectivity index (χ4n) is 4.59. The number of hydrogen-bond acceptors (Lipinski definition) is 3. The maximum absolute atomic E-state index is 12.7. The van der Waals surface area contributed by atoms with Gasteiger partial charge < -0.3 is 20.9 Å². The predicted molar refractivity (Wildman–Crippen MR) is 129 cm³/mol. The van der Waals surface area contributed by atoms with Crippen LogP contribution in [0.15, 0.2) is 4.99 Å². The van der Waals surface area contributed by atoms with Gasteiger partial charge in [0.1, 0.15) is 0 Å². The summed E-state index contributed by atoms with van der Waals surface area (Å²) in [5.74, 6) is 1.15. The average molecular weight is 521 g/mol. The van der Waals surface area contributed by atoms with E-state index in [9.17, 15) is 9.59 Å². The van der Waals surface area contributed by atoms with E-state index in [2.05, 4.69) is 20.9 Å². The van der Waals surface area contributed by atoms with Crippen molar-refractivity contribution < 1.29 is 9.59 Å². The Labute approximate surface area is 193 Å². The van der Waals surface area contributed by atoms with Gasteiger partial charge in [-0.05, 0) is 46.0 Å². The van der Waals surface area contributed by atoms with Crippen molar-refractivity contribution in [3.8, 4) is 0 Å². The van der Waals surface area contributed by atoms with E-state index < -0.39 is 0 Å². The molecule has 2 amide bonds. The van der Waals surface area contributed by atoms with E-state index >= 15 is 0 Å². The van der Waals surface area contributed by atoms with Crippen LogP contribution in [0.25, 0.3) is 0 Å². The van der Waals surface area contributed by atoms with Crippen LogP contribution in [0.3, 0.4) is 0 Å². The quantitative estimate of drug-likeness (QED) is 0.285. The van der Waals surface area contributed by atoms with E-state index in [1.165, 1.54) is 0 Å². The third kappa shape index (κ3) is 7.29. The smallest absolute Gasteiger partial charge is 0.230 e. The highest BCUT2D eigenvalue weighted by atomic mass is 127. The summed E-state index contributed by atoms with van der Waals surface area (Å²) < 4.78 is 0. The number of hydrogen-bond donors (Lipinski definition) is 3. The molecule has 2 aliphatic carbocycles. The number of rotatable bonds is 6. The van der Waals surface area contributed by atoms with Crippen LogP contribution in [0.5, 0.6) is 0 Å². The topological polar surface area (TPSA) is 85.8 Å². The predicted octanol–water partition coefficient (Wildman–Crippen LogP) is 2.50.